The molecule has 0 saturated heterocycles. The number of hydrogen-bond donors (Lipinski definition) is 0. The van der Waals surface area contributed by atoms with E-state index >= 15 is 0 Å². The van der Waals surface area contributed by atoms with Crippen molar-refractivity contribution in [3.8, 4) is 16.9 Å². The summed E-state index contributed by atoms with van der Waals surface area (Å²) in [7, 11) is 0. The average molecular weight is 371 g/mol. The number of Topliss-reactive ketones (excluding diaryl/α,β-unsaturated/α-hetero) is 1. The molecule has 2 aromatic rings. The Kier molecular flexibility index (Phi) is 9.03. The molecule has 3 heteroatoms. The number of benzene rings is 2. The lowest BCUT2D eigenvalue weighted by Gasteiger charge is -2.09. The van der Waals surface area contributed by atoms with E-state index in [1.165, 1.54) is 51.5 Å². The molecule has 0 aromatic heterocycles. The van der Waals surface area contributed by atoms with E-state index in [2.05, 4.69) is 6.92 Å². The van der Waals surface area contributed by atoms with E-state index in [4.69, 9.17) is 4.74 Å². The van der Waals surface area contributed by atoms with Crippen molar-refractivity contribution < 1.29 is 13.9 Å². The summed E-state index contributed by atoms with van der Waals surface area (Å²) in [6.45, 7) is 4.38. The Labute approximate surface area is 162 Å². The van der Waals surface area contributed by atoms with Gasteiger partial charge in [-0.05, 0) is 31.0 Å². The van der Waals surface area contributed by atoms with E-state index in [1.54, 1.807) is 30.3 Å². The van der Waals surface area contributed by atoms with Crippen LogP contribution in [0.3, 0.4) is 0 Å². The van der Waals surface area contributed by atoms with Crippen LogP contribution in [0.15, 0.2) is 42.5 Å². The fraction of sp³-hybridized carbons (Fsp3) is 0.458. The molecular formula is C24H31FO2. The summed E-state index contributed by atoms with van der Waals surface area (Å²) in [6.07, 6.45) is 10.0. The zero-order valence-electron chi connectivity index (χ0n) is 16.6. The van der Waals surface area contributed by atoms with Gasteiger partial charge in [0.15, 0.2) is 5.78 Å². The molecular weight excluding hydrogens is 339 g/mol. The predicted octanol–water partition coefficient (Wildman–Crippen LogP) is 7.21. The zero-order chi connectivity index (χ0) is 19.5. The molecule has 0 unspecified atom stereocenters. The molecule has 0 aliphatic heterocycles. The molecule has 0 atom stereocenters. The number of halogens is 1. The van der Waals surface area contributed by atoms with Gasteiger partial charge in [-0.25, -0.2) is 4.39 Å². The Morgan fingerprint density at radius 1 is 0.889 bits per heavy atom. The highest BCUT2D eigenvalue weighted by Crippen LogP contribution is 2.27. The minimum absolute atomic E-state index is 0.00623. The molecule has 2 aromatic carbocycles. The first kappa shape index (κ1) is 21.1. The molecule has 146 valence electrons. The van der Waals surface area contributed by atoms with Crippen LogP contribution in [-0.2, 0) is 0 Å². The maximum atomic E-state index is 14.4. The van der Waals surface area contributed by atoms with Gasteiger partial charge in [0.2, 0.25) is 0 Å². The Balaban J connectivity index is 1.76. The number of carbonyl (C=O) groups excluding carboxylic acids is 1. The minimum Gasteiger partial charge on any atom is -0.493 e. The molecule has 0 amide bonds. The van der Waals surface area contributed by atoms with Gasteiger partial charge < -0.3 is 4.74 Å². The van der Waals surface area contributed by atoms with Gasteiger partial charge >= 0.3 is 0 Å². The van der Waals surface area contributed by atoms with Gasteiger partial charge in [0.25, 0.3) is 0 Å². The van der Waals surface area contributed by atoms with Gasteiger partial charge in [-0.15, -0.1) is 0 Å². The Bertz CT molecular complexity index is 707. The molecule has 0 fully saturated rings. The second-order valence-corrected chi connectivity index (χ2v) is 7.10. The third-order valence-electron chi connectivity index (χ3n) is 4.81. The minimum atomic E-state index is -0.306. The van der Waals surface area contributed by atoms with Gasteiger partial charge in [-0.3, -0.25) is 4.79 Å². The predicted molar refractivity (Wildman–Crippen MR) is 110 cm³/mol. The van der Waals surface area contributed by atoms with Crippen molar-refractivity contribution in [2.75, 3.05) is 6.61 Å². The van der Waals surface area contributed by atoms with Crippen molar-refractivity contribution in [3.63, 3.8) is 0 Å². The molecule has 27 heavy (non-hydrogen) atoms. The standard InChI is InChI=1S/C24H31FO2/c1-3-4-5-6-7-8-9-10-17-27-22-15-16-23(24(25)18-22)21-13-11-20(12-14-21)19(2)26/h11-16,18H,3-10,17H2,1-2H3. The van der Waals surface area contributed by atoms with Gasteiger partial charge in [-0.1, -0.05) is 76.1 Å². The van der Waals surface area contributed by atoms with Crippen LogP contribution in [0.25, 0.3) is 11.1 Å². The molecule has 0 radical (unpaired) electrons. The van der Waals surface area contributed by atoms with E-state index in [-0.39, 0.29) is 11.6 Å². The number of hydrogen-bond acceptors (Lipinski definition) is 2. The first-order valence-electron chi connectivity index (χ1n) is 10.2. The van der Waals surface area contributed by atoms with Gasteiger partial charge in [-0.2, -0.15) is 0 Å². The smallest absolute Gasteiger partial charge is 0.159 e. The van der Waals surface area contributed by atoms with Crippen molar-refractivity contribution in [1.82, 2.24) is 0 Å². The molecule has 0 spiro atoms. The van der Waals surface area contributed by atoms with Crippen LogP contribution in [0.4, 0.5) is 4.39 Å². The van der Waals surface area contributed by atoms with E-state index < -0.39 is 0 Å². The van der Waals surface area contributed by atoms with E-state index in [0.717, 1.165) is 18.4 Å². The SMILES string of the molecule is CCCCCCCCCCOc1ccc(-c2ccc(C(C)=O)cc2)c(F)c1. The zero-order valence-corrected chi connectivity index (χ0v) is 16.6. The number of carbonyl (C=O) groups is 1. The highest BCUT2D eigenvalue weighted by Gasteiger charge is 2.08. The van der Waals surface area contributed by atoms with Crippen LogP contribution in [0.1, 0.15) is 75.6 Å². The fourth-order valence-electron chi connectivity index (χ4n) is 3.13. The summed E-state index contributed by atoms with van der Waals surface area (Å²) < 4.78 is 20.1. The van der Waals surface area contributed by atoms with Crippen molar-refractivity contribution in [3.05, 3.63) is 53.8 Å². The molecule has 0 bridgehead atoms. The van der Waals surface area contributed by atoms with Gasteiger partial charge in [0.05, 0.1) is 6.61 Å². The van der Waals surface area contributed by atoms with Crippen LogP contribution < -0.4 is 4.74 Å². The summed E-state index contributed by atoms with van der Waals surface area (Å²) in [4.78, 5) is 11.3. The largest absolute Gasteiger partial charge is 0.493 e. The van der Waals surface area contributed by atoms with E-state index in [1.807, 2.05) is 6.07 Å². The Morgan fingerprint density at radius 3 is 2.11 bits per heavy atom. The molecule has 0 aliphatic rings. The van der Waals surface area contributed by atoms with Crippen LogP contribution in [0.5, 0.6) is 5.75 Å². The first-order valence-corrected chi connectivity index (χ1v) is 10.2. The Hall–Kier alpha value is -2.16. The maximum absolute atomic E-state index is 14.4. The van der Waals surface area contributed by atoms with Gasteiger partial charge in [0, 0.05) is 17.2 Å². The molecule has 0 heterocycles. The van der Waals surface area contributed by atoms with Crippen molar-refractivity contribution in [2.24, 2.45) is 0 Å². The highest BCUT2D eigenvalue weighted by molar-refractivity contribution is 5.94. The Morgan fingerprint density at radius 2 is 1.52 bits per heavy atom. The fourth-order valence-corrected chi connectivity index (χ4v) is 3.13. The van der Waals surface area contributed by atoms with Crippen molar-refractivity contribution >= 4 is 5.78 Å². The first-order chi connectivity index (χ1) is 13.1. The van der Waals surface area contributed by atoms with E-state index in [0.29, 0.717) is 23.5 Å². The molecule has 0 aliphatic carbocycles. The van der Waals surface area contributed by atoms with Crippen LogP contribution in [0.2, 0.25) is 0 Å². The molecule has 0 saturated carbocycles. The lowest BCUT2D eigenvalue weighted by molar-refractivity contribution is 0.101. The van der Waals surface area contributed by atoms with Crippen molar-refractivity contribution in [1.29, 1.82) is 0 Å². The summed E-state index contributed by atoms with van der Waals surface area (Å²) in [5.74, 6) is 0.269. The van der Waals surface area contributed by atoms with E-state index in [9.17, 15) is 9.18 Å². The van der Waals surface area contributed by atoms with Crippen molar-refractivity contribution in [2.45, 2.75) is 65.2 Å². The average Bonchev–Trinajstić information content (AvgIpc) is 2.67. The molecule has 0 N–H and O–H groups in total. The summed E-state index contributed by atoms with van der Waals surface area (Å²) in [5, 5.41) is 0. The molecule has 2 nitrogen and oxygen atoms in total. The van der Waals surface area contributed by atoms with Crippen LogP contribution >= 0.6 is 0 Å². The lowest BCUT2D eigenvalue weighted by Crippen LogP contribution is -1.98. The monoisotopic (exact) mass is 370 g/mol. The topological polar surface area (TPSA) is 26.3 Å². The quantitative estimate of drug-likeness (QED) is 0.291. The van der Waals surface area contributed by atoms with Crippen LogP contribution in [0, 0.1) is 5.82 Å². The normalized spacial score (nSPS) is 10.8. The summed E-state index contributed by atoms with van der Waals surface area (Å²) >= 11 is 0. The number of rotatable bonds is 12. The second kappa shape index (κ2) is 11.5. The molecule has 2 rings (SSSR count). The third kappa shape index (κ3) is 7.16. The summed E-state index contributed by atoms with van der Waals surface area (Å²) in [5.41, 5.74) is 1.90. The van der Waals surface area contributed by atoms with Crippen LogP contribution in [-0.4, -0.2) is 12.4 Å². The summed E-state index contributed by atoms with van der Waals surface area (Å²) in [6, 6.07) is 12.0. The lowest BCUT2D eigenvalue weighted by atomic mass is 10.0. The maximum Gasteiger partial charge on any atom is 0.159 e. The number of ether oxygens (including phenoxy) is 1. The van der Waals surface area contributed by atoms with Gasteiger partial charge in [0.1, 0.15) is 11.6 Å². The number of ketones is 1. The third-order valence-corrected chi connectivity index (χ3v) is 4.81. The highest BCUT2D eigenvalue weighted by atomic mass is 19.1. The second-order valence-electron chi connectivity index (χ2n) is 7.10. The number of unbranched alkanes of at least 4 members (excludes halogenated alkanes) is 7.